The topological polar surface area (TPSA) is 46.0 Å². The number of thiazole rings is 1. The molecule has 1 atom stereocenters. The molecule has 0 saturated carbocycles. The Hall–Kier alpha value is -2.11. The number of halogens is 1. The molecule has 21 heavy (non-hydrogen) atoms. The third-order valence-electron chi connectivity index (χ3n) is 3.32. The van der Waals surface area contributed by atoms with Gasteiger partial charge in [-0.05, 0) is 48.9 Å². The molecule has 106 valence electrons. The van der Waals surface area contributed by atoms with Gasteiger partial charge in [0.2, 0.25) is 0 Å². The molecule has 3 rings (SSSR count). The van der Waals surface area contributed by atoms with Gasteiger partial charge in [-0.15, -0.1) is 11.3 Å². The third-order valence-corrected chi connectivity index (χ3v) is 4.58. The van der Waals surface area contributed by atoms with Crippen LogP contribution in [0.15, 0.2) is 55.0 Å². The van der Waals surface area contributed by atoms with Gasteiger partial charge in [-0.2, -0.15) is 0 Å². The highest BCUT2D eigenvalue weighted by Crippen LogP contribution is 2.35. The van der Waals surface area contributed by atoms with Crippen LogP contribution in [0.1, 0.15) is 17.4 Å². The monoisotopic (exact) mass is 300 g/mol. The van der Waals surface area contributed by atoms with Crippen LogP contribution < -0.4 is 0 Å². The molecule has 3 aromatic rings. The lowest BCUT2D eigenvalue weighted by Crippen LogP contribution is -2.21. The highest BCUT2D eigenvalue weighted by atomic mass is 32.1. The van der Waals surface area contributed by atoms with Gasteiger partial charge in [-0.3, -0.25) is 4.98 Å². The van der Waals surface area contributed by atoms with E-state index in [9.17, 15) is 9.50 Å². The summed E-state index contributed by atoms with van der Waals surface area (Å²) in [6.07, 6.45) is 4.95. The lowest BCUT2D eigenvalue weighted by molar-refractivity contribution is 0.106. The number of nitrogens with zero attached hydrogens (tertiary/aromatic N) is 2. The Morgan fingerprint density at radius 3 is 2.43 bits per heavy atom. The van der Waals surface area contributed by atoms with Crippen LogP contribution in [0.3, 0.4) is 0 Å². The quantitative estimate of drug-likeness (QED) is 0.804. The summed E-state index contributed by atoms with van der Waals surface area (Å²) in [5.74, 6) is -0.278. The highest BCUT2D eigenvalue weighted by Gasteiger charge is 2.28. The number of hydrogen-bond acceptors (Lipinski definition) is 4. The Bertz CT molecular complexity index is 738. The molecule has 1 N–H and O–H groups in total. The first-order chi connectivity index (χ1) is 10.1. The predicted octanol–water partition coefficient (Wildman–Crippen LogP) is 3.60. The molecule has 0 fully saturated rings. The molecule has 0 aliphatic carbocycles. The molecule has 5 heteroatoms. The first-order valence-corrected chi connectivity index (χ1v) is 7.24. The second kappa shape index (κ2) is 5.35. The van der Waals surface area contributed by atoms with E-state index < -0.39 is 5.60 Å². The van der Waals surface area contributed by atoms with E-state index in [4.69, 9.17) is 0 Å². The second-order valence-electron chi connectivity index (χ2n) is 4.84. The summed E-state index contributed by atoms with van der Waals surface area (Å²) in [6, 6.07) is 9.71. The maximum atomic E-state index is 13.0. The first-order valence-electron chi connectivity index (χ1n) is 6.42. The Morgan fingerprint density at radius 2 is 1.76 bits per heavy atom. The average molecular weight is 300 g/mol. The summed E-state index contributed by atoms with van der Waals surface area (Å²) < 4.78 is 13.0. The lowest BCUT2D eigenvalue weighted by atomic mass is 9.96. The van der Waals surface area contributed by atoms with Crippen molar-refractivity contribution in [3.8, 4) is 10.6 Å². The molecule has 0 radical (unpaired) electrons. The van der Waals surface area contributed by atoms with E-state index in [1.54, 1.807) is 49.8 Å². The Morgan fingerprint density at radius 1 is 1.10 bits per heavy atom. The molecule has 2 aromatic heterocycles. The van der Waals surface area contributed by atoms with E-state index in [0.29, 0.717) is 0 Å². The zero-order chi connectivity index (χ0) is 14.9. The van der Waals surface area contributed by atoms with Crippen molar-refractivity contribution in [3.63, 3.8) is 0 Å². The maximum absolute atomic E-state index is 13.0. The van der Waals surface area contributed by atoms with Crippen LogP contribution in [-0.2, 0) is 5.60 Å². The summed E-state index contributed by atoms with van der Waals surface area (Å²) in [4.78, 5) is 9.01. The minimum absolute atomic E-state index is 0.278. The molecule has 2 heterocycles. The van der Waals surface area contributed by atoms with E-state index >= 15 is 0 Å². The van der Waals surface area contributed by atoms with Crippen molar-refractivity contribution >= 4 is 11.3 Å². The zero-order valence-corrected chi connectivity index (χ0v) is 12.1. The van der Waals surface area contributed by atoms with Crippen molar-refractivity contribution in [2.24, 2.45) is 0 Å². The van der Waals surface area contributed by atoms with Gasteiger partial charge in [0.15, 0.2) is 0 Å². The summed E-state index contributed by atoms with van der Waals surface area (Å²) in [5, 5.41) is 11.5. The fourth-order valence-electron chi connectivity index (χ4n) is 2.04. The molecule has 1 aromatic carbocycles. The second-order valence-corrected chi connectivity index (χ2v) is 5.88. The largest absolute Gasteiger partial charge is 0.380 e. The highest BCUT2D eigenvalue weighted by molar-refractivity contribution is 7.15. The molecular formula is C16H13FN2OS. The number of aromatic nitrogens is 2. The van der Waals surface area contributed by atoms with Gasteiger partial charge in [0.05, 0.1) is 4.88 Å². The van der Waals surface area contributed by atoms with Crippen LogP contribution in [0.4, 0.5) is 4.39 Å². The number of aliphatic hydroxyl groups is 1. The van der Waals surface area contributed by atoms with Gasteiger partial charge in [-0.1, -0.05) is 0 Å². The van der Waals surface area contributed by atoms with Crippen LogP contribution in [0.2, 0.25) is 0 Å². The standard InChI is InChI=1S/C16H13FN2OS/c1-16(20,12-6-8-18-9-7-12)14-10-19-15(21-14)11-2-4-13(17)5-3-11/h2-10,20H,1H3/t16-/m1/s1. The van der Waals surface area contributed by atoms with Gasteiger partial charge in [0.25, 0.3) is 0 Å². The van der Waals surface area contributed by atoms with Gasteiger partial charge in [0, 0.05) is 24.2 Å². The van der Waals surface area contributed by atoms with Gasteiger partial charge in [0.1, 0.15) is 16.4 Å². The molecule has 3 nitrogen and oxygen atoms in total. The molecule has 0 unspecified atom stereocenters. The van der Waals surface area contributed by atoms with Gasteiger partial charge < -0.3 is 5.11 Å². The molecular weight excluding hydrogens is 287 g/mol. The molecule has 0 spiro atoms. The summed E-state index contributed by atoms with van der Waals surface area (Å²) in [5.41, 5.74) is 0.462. The summed E-state index contributed by atoms with van der Waals surface area (Å²) >= 11 is 1.39. The minimum atomic E-state index is -1.13. The van der Waals surface area contributed by atoms with Crippen molar-refractivity contribution < 1.29 is 9.50 Å². The number of hydrogen-bond donors (Lipinski definition) is 1. The van der Waals surface area contributed by atoms with Crippen molar-refractivity contribution in [1.29, 1.82) is 0 Å². The fourth-order valence-corrected chi connectivity index (χ4v) is 3.03. The molecule has 0 saturated heterocycles. The zero-order valence-electron chi connectivity index (χ0n) is 11.3. The van der Waals surface area contributed by atoms with Crippen molar-refractivity contribution in [2.45, 2.75) is 12.5 Å². The predicted molar refractivity (Wildman–Crippen MR) is 80.4 cm³/mol. The van der Waals surface area contributed by atoms with Crippen LogP contribution in [0, 0.1) is 5.82 Å². The van der Waals surface area contributed by atoms with Crippen LogP contribution >= 0.6 is 11.3 Å². The van der Waals surface area contributed by atoms with Crippen molar-refractivity contribution in [1.82, 2.24) is 9.97 Å². The van der Waals surface area contributed by atoms with Crippen LogP contribution in [0.25, 0.3) is 10.6 Å². The van der Waals surface area contributed by atoms with Crippen LogP contribution in [-0.4, -0.2) is 15.1 Å². The Labute approximate surface area is 125 Å². The summed E-state index contributed by atoms with van der Waals surface area (Å²) in [6.45, 7) is 1.73. The smallest absolute Gasteiger partial charge is 0.123 e. The Balaban J connectivity index is 1.96. The Kier molecular flexibility index (Phi) is 3.53. The molecule has 0 bridgehead atoms. The van der Waals surface area contributed by atoms with Crippen LogP contribution in [0.5, 0.6) is 0 Å². The number of benzene rings is 1. The van der Waals surface area contributed by atoms with E-state index in [1.165, 1.54) is 23.5 Å². The molecule has 0 aliphatic rings. The number of rotatable bonds is 3. The summed E-state index contributed by atoms with van der Waals surface area (Å²) in [7, 11) is 0. The van der Waals surface area contributed by atoms with Crippen molar-refractivity contribution in [3.05, 3.63) is 71.2 Å². The van der Waals surface area contributed by atoms with E-state index in [1.807, 2.05) is 0 Å². The SMILES string of the molecule is C[C@@](O)(c1ccncc1)c1cnc(-c2ccc(F)cc2)s1. The van der Waals surface area contributed by atoms with E-state index in [2.05, 4.69) is 9.97 Å². The third kappa shape index (κ3) is 2.70. The minimum Gasteiger partial charge on any atom is -0.380 e. The lowest BCUT2D eigenvalue weighted by Gasteiger charge is -2.21. The average Bonchev–Trinajstić information content (AvgIpc) is 2.99. The normalized spacial score (nSPS) is 13.9. The van der Waals surface area contributed by atoms with E-state index in [-0.39, 0.29) is 5.82 Å². The van der Waals surface area contributed by atoms with Gasteiger partial charge in [-0.25, -0.2) is 9.37 Å². The number of pyridine rings is 1. The maximum Gasteiger partial charge on any atom is 0.123 e. The van der Waals surface area contributed by atoms with Gasteiger partial charge >= 0.3 is 0 Å². The molecule has 0 aliphatic heterocycles. The van der Waals surface area contributed by atoms with E-state index in [0.717, 1.165) is 21.0 Å². The fraction of sp³-hybridized carbons (Fsp3) is 0.125. The molecule has 0 amide bonds. The van der Waals surface area contributed by atoms with Crippen molar-refractivity contribution in [2.75, 3.05) is 0 Å². The first kappa shape index (κ1) is 13.9.